The number of carbonyl (C=O) groups excluding carboxylic acids is 1. The molecule has 162 valence electrons. The quantitative estimate of drug-likeness (QED) is 0.530. The minimum atomic E-state index is -1.09. The highest BCUT2D eigenvalue weighted by Crippen LogP contribution is 2.39. The van der Waals surface area contributed by atoms with Crippen LogP contribution in [0.15, 0.2) is 42.5 Å². The van der Waals surface area contributed by atoms with Gasteiger partial charge in [0.15, 0.2) is 11.5 Å². The lowest BCUT2D eigenvalue weighted by atomic mass is 10.1. The van der Waals surface area contributed by atoms with Gasteiger partial charge in [-0.25, -0.2) is 4.79 Å². The fraction of sp³-hybridized carbons (Fsp3) is 0.217. The Bertz CT molecular complexity index is 1080. The van der Waals surface area contributed by atoms with Gasteiger partial charge in [0.1, 0.15) is 5.00 Å². The number of nitrogens with one attached hydrogen (secondary N) is 1. The molecule has 1 heterocycles. The second-order valence-electron chi connectivity index (χ2n) is 6.69. The van der Waals surface area contributed by atoms with Crippen molar-refractivity contribution in [2.45, 2.75) is 13.3 Å². The Kier molecular flexibility index (Phi) is 6.81. The van der Waals surface area contributed by atoms with E-state index >= 15 is 0 Å². The van der Waals surface area contributed by atoms with Gasteiger partial charge in [-0.3, -0.25) is 4.79 Å². The van der Waals surface area contributed by atoms with E-state index < -0.39 is 11.9 Å². The average molecular weight is 442 g/mol. The smallest absolute Gasteiger partial charge is 0.338 e. The number of rotatable bonds is 8. The van der Waals surface area contributed by atoms with E-state index in [1.807, 2.05) is 30.3 Å². The molecule has 0 spiro atoms. The van der Waals surface area contributed by atoms with Crippen molar-refractivity contribution in [3.05, 3.63) is 69.6 Å². The summed E-state index contributed by atoms with van der Waals surface area (Å²) in [6, 6.07) is 12.8. The summed E-state index contributed by atoms with van der Waals surface area (Å²) < 4.78 is 15.9. The largest absolute Gasteiger partial charge is 0.493 e. The van der Waals surface area contributed by atoms with E-state index in [1.54, 1.807) is 6.92 Å². The zero-order chi connectivity index (χ0) is 22.5. The van der Waals surface area contributed by atoms with Gasteiger partial charge >= 0.3 is 5.97 Å². The number of carbonyl (C=O) groups is 2. The van der Waals surface area contributed by atoms with Crippen LogP contribution in [0.3, 0.4) is 0 Å². The number of ether oxygens (including phenoxy) is 3. The summed E-state index contributed by atoms with van der Waals surface area (Å²) in [7, 11) is 4.39. The molecule has 1 aromatic heterocycles. The van der Waals surface area contributed by atoms with E-state index in [2.05, 4.69) is 5.32 Å². The second-order valence-corrected chi connectivity index (χ2v) is 7.80. The molecule has 0 aliphatic carbocycles. The maximum atomic E-state index is 13.0. The number of thiophene rings is 1. The molecular formula is C23H23NO6S. The molecule has 0 bridgehead atoms. The van der Waals surface area contributed by atoms with Crippen LogP contribution in [-0.4, -0.2) is 38.3 Å². The molecular weight excluding hydrogens is 418 g/mol. The maximum Gasteiger partial charge on any atom is 0.338 e. The highest BCUT2D eigenvalue weighted by molar-refractivity contribution is 7.17. The summed E-state index contributed by atoms with van der Waals surface area (Å²) in [5.74, 6) is -0.539. The number of amides is 1. The van der Waals surface area contributed by atoms with Crippen molar-refractivity contribution in [2.24, 2.45) is 0 Å². The first-order valence-electron chi connectivity index (χ1n) is 9.40. The Balaban J connectivity index is 1.96. The highest BCUT2D eigenvalue weighted by atomic mass is 32.1. The van der Waals surface area contributed by atoms with Crippen LogP contribution in [0.2, 0.25) is 0 Å². The van der Waals surface area contributed by atoms with Gasteiger partial charge in [0.25, 0.3) is 5.91 Å². The molecule has 7 nitrogen and oxygen atoms in total. The molecule has 31 heavy (non-hydrogen) atoms. The van der Waals surface area contributed by atoms with Crippen LogP contribution in [0.4, 0.5) is 5.00 Å². The fourth-order valence-electron chi connectivity index (χ4n) is 3.24. The Labute approximate surface area is 184 Å². The molecule has 2 aromatic carbocycles. The molecule has 0 atom stereocenters. The van der Waals surface area contributed by atoms with Crippen LogP contribution >= 0.6 is 11.3 Å². The van der Waals surface area contributed by atoms with Crippen molar-refractivity contribution in [1.82, 2.24) is 0 Å². The highest BCUT2D eigenvalue weighted by Gasteiger charge is 2.24. The Morgan fingerprint density at radius 1 is 1.00 bits per heavy atom. The Morgan fingerprint density at radius 3 is 2.13 bits per heavy atom. The third-order valence-electron chi connectivity index (χ3n) is 4.82. The van der Waals surface area contributed by atoms with Crippen molar-refractivity contribution < 1.29 is 28.9 Å². The van der Waals surface area contributed by atoms with Crippen LogP contribution in [0.5, 0.6) is 17.2 Å². The summed E-state index contributed by atoms with van der Waals surface area (Å²) in [5, 5.41) is 12.8. The Morgan fingerprint density at radius 2 is 1.61 bits per heavy atom. The predicted octanol–water partition coefficient (Wildman–Crippen LogP) is 4.62. The first kappa shape index (κ1) is 22.2. The summed E-state index contributed by atoms with van der Waals surface area (Å²) in [4.78, 5) is 25.7. The number of benzene rings is 2. The number of methoxy groups -OCH3 is 3. The van der Waals surface area contributed by atoms with E-state index in [0.717, 1.165) is 10.4 Å². The van der Waals surface area contributed by atoms with Crippen molar-refractivity contribution in [3.63, 3.8) is 0 Å². The lowest BCUT2D eigenvalue weighted by molar-refractivity contribution is 0.0697. The minimum absolute atomic E-state index is 0.0942. The molecule has 3 aromatic rings. The average Bonchev–Trinajstić information content (AvgIpc) is 3.07. The first-order valence-corrected chi connectivity index (χ1v) is 10.2. The lowest BCUT2D eigenvalue weighted by Crippen LogP contribution is -2.14. The normalized spacial score (nSPS) is 10.5. The van der Waals surface area contributed by atoms with Crippen LogP contribution in [0.25, 0.3) is 0 Å². The number of carboxylic acid groups (broad SMARTS) is 1. The van der Waals surface area contributed by atoms with E-state index in [1.165, 1.54) is 44.8 Å². The summed E-state index contributed by atoms with van der Waals surface area (Å²) in [6.07, 6.45) is 0.581. The SMILES string of the molecule is COc1cc(C(=O)Nc2sc(Cc3ccccc3)c(C)c2C(=O)O)cc(OC)c1OC. The van der Waals surface area contributed by atoms with Gasteiger partial charge in [0, 0.05) is 16.9 Å². The molecule has 0 fully saturated rings. The van der Waals surface area contributed by atoms with E-state index in [-0.39, 0.29) is 16.1 Å². The Hall–Kier alpha value is -3.52. The monoisotopic (exact) mass is 441 g/mol. The van der Waals surface area contributed by atoms with Gasteiger partial charge in [-0.2, -0.15) is 0 Å². The molecule has 2 N–H and O–H groups in total. The maximum absolute atomic E-state index is 13.0. The van der Waals surface area contributed by atoms with Crippen molar-refractivity contribution in [1.29, 1.82) is 0 Å². The van der Waals surface area contributed by atoms with Crippen LogP contribution in [0.1, 0.15) is 36.7 Å². The zero-order valence-corrected chi connectivity index (χ0v) is 18.5. The van der Waals surface area contributed by atoms with Crippen molar-refractivity contribution in [3.8, 4) is 17.2 Å². The summed E-state index contributed by atoms with van der Waals surface area (Å²) in [5.41, 5.74) is 2.05. The molecule has 3 rings (SSSR count). The van der Waals surface area contributed by atoms with E-state index in [4.69, 9.17) is 14.2 Å². The molecule has 0 saturated carbocycles. The second kappa shape index (κ2) is 9.53. The van der Waals surface area contributed by atoms with Crippen LogP contribution in [-0.2, 0) is 6.42 Å². The van der Waals surface area contributed by atoms with Crippen LogP contribution < -0.4 is 19.5 Å². The molecule has 1 amide bonds. The molecule has 0 saturated heterocycles. The third-order valence-corrected chi connectivity index (χ3v) is 6.03. The molecule has 0 aliphatic heterocycles. The number of carboxylic acids is 1. The molecule has 0 unspecified atom stereocenters. The number of hydrogen-bond acceptors (Lipinski definition) is 6. The summed E-state index contributed by atoms with van der Waals surface area (Å²) in [6.45, 7) is 1.76. The fourth-order valence-corrected chi connectivity index (χ4v) is 4.47. The van der Waals surface area contributed by atoms with Crippen molar-refractivity contribution in [2.75, 3.05) is 26.6 Å². The number of anilines is 1. The molecule has 8 heteroatoms. The zero-order valence-electron chi connectivity index (χ0n) is 17.6. The molecule has 0 aliphatic rings. The van der Waals surface area contributed by atoms with Gasteiger partial charge in [0.2, 0.25) is 5.75 Å². The van der Waals surface area contributed by atoms with Gasteiger partial charge in [-0.1, -0.05) is 30.3 Å². The standard InChI is InChI=1S/C23H23NO6S/c1-13-18(10-14-8-6-5-7-9-14)31-22(19(13)23(26)27)24-21(25)15-11-16(28-2)20(30-4)17(12-15)29-3/h5-9,11-12H,10H2,1-4H3,(H,24,25)(H,26,27). The third kappa shape index (κ3) is 4.64. The topological polar surface area (TPSA) is 94.1 Å². The van der Waals surface area contributed by atoms with E-state index in [9.17, 15) is 14.7 Å². The summed E-state index contributed by atoms with van der Waals surface area (Å²) >= 11 is 1.26. The minimum Gasteiger partial charge on any atom is -0.493 e. The number of aromatic carboxylic acids is 1. The number of hydrogen-bond donors (Lipinski definition) is 2. The molecule has 0 radical (unpaired) electrons. The van der Waals surface area contributed by atoms with Gasteiger partial charge < -0.3 is 24.6 Å². The van der Waals surface area contributed by atoms with Gasteiger partial charge in [-0.05, 0) is 30.2 Å². The van der Waals surface area contributed by atoms with E-state index in [0.29, 0.717) is 29.2 Å². The predicted molar refractivity (Wildman–Crippen MR) is 119 cm³/mol. The van der Waals surface area contributed by atoms with Gasteiger partial charge in [-0.15, -0.1) is 11.3 Å². The van der Waals surface area contributed by atoms with Crippen LogP contribution in [0, 0.1) is 6.92 Å². The lowest BCUT2D eigenvalue weighted by Gasteiger charge is -2.14. The van der Waals surface area contributed by atoms with Gasteiger partial charge in [0.05, 0.1) is 26.9 Å². The van der Waals surface area contributed by atoms with Crippen molar-refractivity contribution >= 4 is 28.2 Å². The first-order chi connectivity index (χ1) is 14.9.